The number of benzene rings is 2. The van der Waals surface area contributed by atoms with Crippen LogP contribution in [0.4, 0.5) is 5.69 Å². The molecular formula is C23H27N3O5S. The number of hydrogen-bond donors (Lipinski definition) is 1. The molecule has 2 amide bonds. The first kappa shape index (κ1) is 23.5. The fourth-order valence-electron chi connectivity index (χ4n) is 3.31. The number of carbonyl (C=O) groups excluding carboxylic acids is 2. The zero-order valence-electron chi connectivity index (χ0n) is 18.7. The number of rotatable bonds is 6. The van der Waals surface area contributed by atoms with E-state index in [-0.39, 0.29) is 22.5 Å². The van der Waals surface area contributed by atoms with Crippen LogP contribution in [-0.2, 0) is 19.4 Å². The van der Waals surface area contributed by atoms with Crippen LogP contribution >= 0.6 is 0 Å². The van der Waals surface area contributed by atoms with E-state index in [1.54, 1.807) is 6.92 Å². The Bertz CT molecular complexity index is 1170. The molecule has 0 spiro atoms. The highest BCUT2D eigenvalue weighted by Gasteiger charge is 2.35. The third kappa shape index (κ3) is 4.99. The minimum atomic E-state index is -3.35. The van der Waals surface area contributed by atoms with E-state index in [9.17, 15) is 18.0 Å². The van der Waals surface area contributed by atoms with Crippen LogP contribution in [0.2, 0.25) is 0 Å². The van der Waals surface area contributed by atoms with Crippen molar-refractivity contribution in [2.24, 2.45) is 11.0 Å². The molecule has 1 heterocycles. The molecular weight excluding hydrogens is 430 g/mol. The highest BCUT2D eigenvalue weighted by Crippen LogP contribution is 2.25. The zero-order valence-corrected chi connectivity index (χ0v) is 19.6. The van der Waals surface area contributed by atoms with Gasteiger partial charge in [0.1, 0.15) is 11.6 Å². The second-order valence-corrected chi connectivity index (χ2v) is 9.91. The Balaban J connectivity index is 1.76. The summed E-state index contributed by atoms with van der Waals surface area (Å²) >= 11 is 0. The van der Waals surface area contributed by atoms with Gasteiger partial charge in [-0.2, -0.15) is 10.1 Å². The third-order valence-electron chi connectivity index (χ3n) is 5.22. The topological polar surface area (TPSA) is 105 Å². The van der Waals surface area contributed by atoms with E-state index < -0.39 is 21.9 Å². The number of nitrogens with zero attached hydrogens (tertiary/aromatic N) is 2. The molecule has 2 aromatic rings. The van der Waals surface area contributed by atoms with Crippen molar-refractivity contribution in [2.45, 2.75) is 45.1 Å². The average Bonchev–Trinajstić information content (AvgIpc) is 3.01. The Morgan fingerprint density at radius 1 is 1.19 bits per heavy atom. The molecule has 2 atom stereocenters. The molecule has 0 aromatic heterocycles. The lowest BCUT2D eigenvalue weighted by Gasteiger charge is -2.19. The van der Waals surface area contributed by atoms with Gasteiger partial charge in [-0.25, -0.2) is 8.42 Å². The van der Waals surface area contributed by atoms with E-state index in [2.05, 4.69) is 10.4 Å². The van der Waals surface area contributed by atoms with Gasteiger partial charge >= 0.3 is 0 Å². The predicted octanol–water partition coefficient (Wildman–Crippen LogP) is 2.98. The summed E-state index contributed by atoms with van der Waals surface area (Å²) in [7, 11) is -3.35. The maximum atomic E-state index is 12.8. The van der Waals surface area contributed by atoms with Crippen molar-refractivity contribution in [2.75, 3.05) is 11.3 Å². The number of sulfone groups is 1. The van der Waals surface area contributed by atoms with E-state index in [4.69, 9.17) is 4.74 Å². The molecule has 0 saturated heterocycles. The molecule has 2 unspecified atom stereocenters. The van der Waals surface area contributed by atoms with Crippen LogP contribution < -0.4 is 15.1 Å². The Morgan fingerprint density at radius 3 is 2.41 bits per heavy atom. The van der Waals surface area contributed by atoms with Crippen LogP contribution in [0.15, 0.2) is 52.5 Å². The lowest BCUT2D eigenvalue weighted by atomic mass is 10.1. The number of ether oxygens (including phenoxy) is 1. The van der Waals surface area contributed by atoms with Crippen molar-refractivity contribution in [3.63, 3.8) is 0 Å². The van der Waals surface area contributed by atoms with Crippen LogP contribution in [0.3, 0.4) is 0 Å². The van der Waals surface area contributed by atoms with Gasteiger partial charge in [0.15, 0.2) is 15.9 Å². The molecule has 1 N–H and O–H groups in total. The summed E-state index contributed by atoms with van der Waals surface area (Å²) in [5.74, 6) is -0.527. The molecule has 0 aliphatic carbocycles. The maximum absolute atomic E-state index is 12.8. The molecule has 0 saturated carbocycles. The summed E-state index contributed by atoms with van der Waals surface area (Å²) in [6.07, 6.45) is 0.802. The Labute approximate surface area is 188 Å². The van der Waals surface area contributed by atoms with E-state index in [0.717, 1.165) is 22.4 Å². The highest BCUT2D eigenvalue weighted by molar-refractivity contribution is 7.90. The number of hydrazone groups is 1. The fourth-order valence-corrected chi connectivity index (χ4v) is 3.94. The highest BCUT2D eigenvalue weighted by atomic mass is 32.2. The van der Waals surface area contributed by atoms with Crippen molar-refractivity contribution in [3.05, 3.63) is 53.6 Å². The van der Waals surface area contributed by atoms with Gasteiger partial charge in [0.25, 0.3) is 11.8 Å². The van der Waals surface area contributed by atoms with Crippen molar-refractivity contribution < 1.29 is 22.7 Å². The standard InChI is InChI=1S/C23H27N3O5S/c1-6-19(31-20-12-7-14(2)13-15(20)3)22(27)24-21-16(4)23(28)26(25-21)17-8-10-18(11-9-17)32(5,29)30/h7-13,16,19H,6H2,1-5H3,(H,24,25,27). The predicted molar refractivity (Wildman–Crippen MR) is 122 cm³/mol. The van der Waals surface area contributed by atoms with Gasteiger partial charge in [0.2, 0.25) is 0 Å². The van der Waals surface area contributed by atoms with Crippen molar-refractivity contribution in [1.82, 2.24) is 5.32 Å². The van der Waals surface area contributed by atoms with Gasteiger partial charge in [-0.1, -0.05) is 24.6 Å². The first-order valence-electron chi connectivity index (χ1n) is 10.3. The van der Waals surface area contributed by atoms with Gasteiger partial charge in [-0.05, 0) is 63.1 Å². The zero-order chi connectivity index (χ0) is 23.6. The number of anilines is 1. The minimum absolute atomic E-state index is 0.146. The normalized spacial score (nSPS) is 17.2. The summed E-state index contributed by atoms with van der Waals surface area (Å²) in [6, 6.07) is 11.6. The molecule has 9 heteroatoms. The number of amides is 2. The Kier molecular flexibility index (Phi) is 6.68. The lowest BCUT2D eigenvalue weighted by molar-refractivity contribution is -0.126. The molecule has 8 nitrogen and oxygen atoms in total. The van der Waals surface area contributed by atoms with Gasteiger partial charge < -0.3 is 10.1 Å². The van der Waals surface area contributed by atoms with Crippen molar-refractivity contribution in [1.29, 1.82) is 0 Å². The van der Waals surface area contributed by atoms with Crippen LogP contribution in [0.5, 0.6) is 5.75 Å². The van der Waals surface area contributed by atoms with E-state index in [1.165, 1.54) is 24.3 Å². The fraction of sp³-hybridized carbons (Fsp3) is 0.348. The third-order valence-corrected chi connectivity index (χ3v) is 6.35. The quantitative estimate of drug-likeness (QED) is 0.718. The lowest BCUT2D eigenvalue weighted by Crippen LogP contribution is -2.43. The first-order valence-corrected chi connectivity index (χ1v) is 12.2. The van der Waals surface area contributed by atoms with Crippen LogP contribution in [-0.4, -0.2) is 38.4 Å². The Morgan fingerprint density at radius 2 is 1.84 bits per heavy atom. The van der Waals surface area contributed by atoms with E-state index in [1.807, 2.05) is 39.0 Å². The maximum Gasteiger partial charge on any atom is 0.266 e. The van der Waals surface area contributed by atoms with Gasteiger partial charge in [-0.15, -0.1) is 0 Å². The smallest absolute Gasteiger partial charge is 0.266 e. The monoisotopic (exact) mass is 457 g/mol. The van der Waals surface area contributed by atoms with Gasteiger partial charge in [-0.3, -0.25) is 9.59 Å². The number of aryl methyl sites for hydroxylation is 2. The molecule has 3 rings (SSSR count). The van der Waals surface area contributed by atoms with Crippen molar-refractivity contribution >= 4 is 33.2 Å². The van der Waals surface area contributed by atoms with E-state index in [0.29, 0.717) is 17.9 Å². The molecule has 0 bridgehead atoms. The summed E-state index contributed by atoms with van der Waals surface area (Å²) in [4.78, 5) is 25.7. The summed E-state index contributed by atoms with van der Waals surface area (Å²) in [5, 5.41) is 8.16. The van der Waals surface area contributed by atoms with Gasteiger partial charge in [0.05, 0.1) is 16.5 Å². The van der Waals surface area contributed by atoms with Crippen LogP contribution in [0, 0.1) is 19.8 Å². The number of hydrogen-bond acceptors (Lipinski definition) is 6. The van der Waals surface area contributed by atoms with Crippen LogP contribution in [0.25, 0.3) is 0 Å². The average molecular weight is 458 g/mol. The summed E-state index contributed by atoms with van der Waals surface area (Å²) in [5.41, 5.74) is 2.45. The first-order chi connectivity index (χ1) is 15.0. The second kappa shape index (κ2) is 9.12. The molecule has 32 heavy (non-hydrogen) atoms. The number of nitrogens with one attached hydrogen (secondary N) is 1. The molecule has 0 radical (unpaired) electrons. The second-order valence-electron chi connectivity index (χ2n) is 7.90. The van der Waals surface area contributed by atoms with E-state index >= 15 is 0 Å². The Hall–Kier alpha value is -3.20. The molecule has 2 aromatic carbocycles. The summed E-state index contributed by atoms with van der Waals surface area (Å²) < 4.78 is 29.2. The minimum Gasteiger partial charge on any atom is -0.480 e. The summed E-state index contributed by atoms with van der Waals surface area (Å²) in [6.45, 7) is 7.40. The number of carbonyl (C=O) groups is 2. The van der Waals surface area contributed by atoms with Crippen LogP contribution in [0.1, 0.15) is 31.4 Å². The SMILES string of the molecule is CCC(Oc1ccc(C)cc1C)C(=O)NC1=NN(c2ccc(S(C)(=O)=O)cc2)C(=O)C1C. The number of amidine groups is 1. The van der Waals surface area contributed by atoms with Crippen molar-refractivity contribution in [3.8, 4) is 5.75 Å². The molecule has 0 fully saturated rings. The molecule has 1 aliphatic rings. The van der Waals surface area contributed by atoms with Gasteiger partial charge in [0, 0.05) is 6.26 Å². The molecule has 1 aliphatic heterocycles. The molecule has 170 valence electrons. The largest absolute Gasteiger partial charge is 0.480 e.